The van der Waals surface area contributed by atoms with Crippen molar-refractivity contribution >= 4 is 17.8 Å². The van der Waals surface area contributed by atoms with Gasteiger partial charge in [0, 0.05) is 6.54 Å². The summed E-state index contributed by atoms with van der Waals surface area (Å²) in [5, 5.41) is 2.37. The van der Waals surface area contributed by atoms with Crippen molar-refractivity contribution in [3.63, 3.8) is 0 Å². The quantitative estimate of drug-likeness (QED) is 0.626. The molecule has 2 rings (SSSR count). The highest BCUT2D eigenvalue weighted by atomic mass is 16.2. The van der Waals surface area contributed by atoms with Crippen LogP contribution in [0.25, 0.3) is 0 Å². The smallest absolute Gasteiger partial charge is 0.277 e. The summed E-state index contributed by atoms with van der Waals surface area (Å²) < 4.78 is 0. The molecule has 106 valence electrons. The van der Waals surface area contributed by atoms with Crippen LogP contribution in [0.4, 0.5) is 4.79 Å². The van der Waals surface area contributed by atoms with Crippen molar-refractivity contribution in [2.45, 2.75) is 58.3 Å². The predicted molar refractivity (Wildman–Crippen MR) is 70.3 cm³/mol. The SMILES string of the molecule is CCCCCN1C(=O)NC(=O)C2(CCCCC2)C1=O. The number of carbonyl (C=O) groups excluding carboxylic acids is 3. The molecule has 5 heteroatoms. The second-order valence-corrected chi connectivity index (χ2v) is 5.57. The Labute approximate surface area is 113 Å². The molecule has 1 aliphatic heterocycles. The molecule has 4 amide bonds. The zero-order valence-corrected chi connectivity index (χ0v) is 11.5. The van der Waals surface area contributed by atoms with E-state index in [4.69, 9.17) is 0 Å². The molecule has 1 aliphatic carbocycles. The van der Waals surface area contributed by atoms with Gasteiger partial charge in [-0.3, -0.25) is 19.8 Å². The van der Waals surface area contributed by atoms with Crippen molar-refractivity contribution in [2.24, 2.45) is 5.41 Å². The molecule has 1 heterocycles. The molecule has 1 saturated carbocycles. The number of hydrogen-bond acceptors (Lipinski definition) is 3. The third-order valence-corrected chi connectivity index (χ3v) is 4.25. The van der Waals surface area contributed by atoms with Crippen molar-refractivity contribution in [2.75, 3.05) is 6.54 Å². The van der Waals surface area contributed by atoms with Crippen molar-refractivity contribution in [3.05, 3.63) is 0 Å². The summed E-state index contributed by atoms with van der Waals surface area (Å²) in [7, 11) is 0. The average Bonchev–Trinajstić information content (AvgIpc) is 2.42. The molecular formula is C14H22N2O3. The highest BCUT2D eigenvalue weighted by Crippen LogP contribution is 2.40. The topological polar surface area (TPSA) is 66.5 Å². The molecule has 0 aromatic carbocycles. The summed E-state index contributed by atoms with van der Waals surface area (Å²) in [4.78, 5) is 37.7. The maximum Gasteiger partial charge on any atom is 0.330 e. The number of barbiturate groups is 1. The fourth-order valence-electron chi connectivity index (χ4n) is 3.05. The van der Waals surface area contributed by atoms with Crippen molar-refractivity contribution in [3.8, 4) is 0 Å². The molecule has 0 bridgehead atoms. The van der Waals surface area contributed by atoms with E-state index in [2.05, 4.69) is 12.2 Å². The highest BCUT2D eigenvalue weighted by Gasteiger charge is 2.53. The number of hydrogen-bond donors (Lipinski definition) is 1. The largest absolute Gasteiger partial charge is 0.330 e. The van der Waals surface area contributed by atoms with E-state index in [1.165, 1.54) is 4.90 Å². The Morgan fingerprint density at radius 3 is 2.42 bits per heavy atom. The normalized spacial score (nSPS) is 22.8. The number of carbonyl (C=O) groups is 3. The first-order valence-electron chi connectivity index (χ1n) is 7.29. The van der Waals surface area contributed by atoms with Crippen LogP contribution in [0.1, 0.15) is 58.3 Å². The molecule has 0 aromatic heterocycles. The first-order valence-corrected chi connectivity index (χ1v) is 7.29. The molecule has 2 fully saturated rings. The van der Waals surface area contributed by atoms with E-state index in [1.54, 1.807) is 0 Å². The molecule has 1 spiro atoms. The van der Waals surface area contributed by atoms with Gasteiger partial charge < -0.3 is 0 Å². The third kappa shape index (κ3) is 2.51. The van der Waals surface area contributed by atoms with E-state index in [0.29, 0.717) is 19.4 Å². The Balaban J connectivity index is 2.14. The van der Waals surface area contributed by atoms with E-state index in [9.17, 15) is 14.4 Å². The number of unbranched alkanes of at least 4 members (excludes halogenated alkanes) is 2. The first-order chi connectivity index (χ1) is 9.12. The summed E-state index contributed by atoms with van der Waals surface area (Å²) in [6.45, 7) is 2.50. The summed E-state index contributed by atoms with van der Waals surface area (Å²) in [6, 6.07) is -0.540. The molecular weight excluding hydrogens is 244 g/mol. The number of imide groups is 2. The van der Waals surface area contributed by atoms with Crippen LogP contribution in [0.3, 0.4) is 0 Å². The van der Waals surface area contributed by atoms with E-state index < -0.39 is 11.4 Å². The lowest BCUT2D eigenvalue weighted by molar-refractivity contribution is -0.153. The molecule has 2 aliphatic rings. The fraction of sp³-hybridized carbons (Fsp3) is 0.786. The van der Waals surface area contributed by atoms with Crippen molar-refractivity contribution in [1.82, 2.24) is 10.2 Å². The number of nitrogens with zero attached hydrogens (tertiary/aromatic N) is 1. The Morgan fingerprint density at radius 1 is 1.11 bits per heavy atom. The van der Waals surface area contributed by atoms with Crippen LogP contribution >= 0.6 is 0 Å². The van der Waals surface area contributed by atoms with Gasteiger partial charge in [0.05, 0.1) is 0 Å². The summed E-state index contributed by atoms with van der Waals surface area (Å²) in [6.07, 6.45) is 6.81. The van der Waals surface area contributed by atoms with E-state index in [-0.39, 0.29) is 11.8 Å². The van der Waals surface area contributed by atoms with Crippen molar-refractivity contribution in [1.29, 1.82) is 0 Å². The number of rotatable bonds is 4. The van der Waals surface area contributed by atoms with E-state index in [1.807, 2.05) is 0 Å². The molecule has 0 radical (unpaired) electrons. The van der Waals surface area contributed by atoms with Crippen LogP contribution in [0.2, 0.25) is 0 Å². The van der Waals surface area contributed by atoms with Crippen LogP contribution in [-0.4, -0.2) is 29.3 Å². The molecule has 0 unspecified atom stereocenters. The van der Waals surface area contributed by atoms with E-state index in [0.717, 1.165) is 38.5 Å². The van der Waals surface area contributed by atoms with Gasteiger partial charge in [-0.2, -0.15) is 0 Å². The maximum absolute atomic E-state index is 12.6. The molecule has 19 heavy (non-hydrogen) atoms. The lowest BCUT2D eigenvalue weighted by Crippen LogP contribution is -2.64. The van der Waals surface area contributed by atoms with Crippen molar-refractivity contribution < 1.29 is 14.4 Å². The predicted octanol–water partition coefficient (Wildman–Crippen LogP) is 2.21. The third-order valence-electron chi connectivity index (χ3n) is 4.25. The molecule has 5 nitrogen and oxygen atoms in total. The van der Waals surface area contributed by atoms with Crippen LogP contribution in [0, 0.1) is 5.41 Å². The second kappa shape index (κ2) is 5.72. The lowest BCUT2D eigenvalue weighted by atomic mass is 9.71. The lowest BCUT2D eigenvalue weighted by Gasteiger charge is -2.41. The highest BCUT2D eigenvalue weighted by molar-refractivity contribution is 6.19. The van der Waals surface area contributed by atoms with Gasteiger partial charge in [-0.05, 0) is 19.3 Å². The number of amides is 4. The Morgan fingerprint density at radius 2 is 1.79 bits per heavy atom. The van der Waals surface area contributed by atoms with Gasteiger partial charge in [0.1, 0.15) is 5.41 Å². The van der Waals surface area contributed by atoms with Gasteiger partial charge in [0.2, 0.25) is 11.8 Å². The second-order valence-electron chi connectivity index (χ2n) is 5.57. The monoisotopic (exact) mass is 266 g/mol. The van der Waals surface area contributed by atoms with Gasteiger partial charge in [0.25, 0.3) is 0 Å². The van der Waals surface area contributed by atoms with Crippen LogP contribution < -0.4 is 5.32 Å². The molecule has 0 atom stereocenters. The minimum Gasteiger partial charge on any atom is -0.277 e. The Kier molecular flexibility index (Phi) is 4.22. The Bertz CT molecular complexity index is 386. The fourth-order valence-corrected chi connectivity index (χ4v) is 3.05. The summed E-state index contributed by atoms with van der Waals surface area (Å²) in [5.41, 5.74) is -0.960. The van der Waals surface area contributed by atoms with Gasteiger partial charge >= 0.3 is 6.03 Å². The minimum absolute atomic E-state index is 0.267. The summed E-state index contributed by atoms with van der Waals surface area (Å²) in [5.74, 6) is -0.647. The standard InChI is InChI=1S/C14H22N2O3/c1-2-3-7-10-16-12(18)14(8-5-4-6-9-14)11(17)15-13(16)19/h2-10H2,1H3,(H,15,17,19). The number of urea groups is 1. The zero-order valence-electron chi connectivity index (χ0n) is 11.5. The Hall–Kier alpha value is -1.39. The van der Waals surface area contributed by atoms with Gasteiger partial charge in [-0.25, -0.2) is 4.79 Å². The first kappa shape index (κ1) is 14.0. The van der Waals surface area contributed by atoms with Gasteiger partial charge in [-0.1, -0.05) is 39.0 Å². The van der Waals surface area contributed by atoms with E-state index >= 15 is 0 Å². The van der Waals surface area contributed by atoms with Gasteiger partial charge in [-0.15, -0.1) is 0 Å². The zero-order chi connectivity index (χ0) is 13.9. The average molecular weight is 266 g/mol. The van der Waals surface area contributed by atoms with Gasteiger partial charge in [0.15, 0.2) is 0 Å². The number of nitrogens with one attached hydrogen (secondary N) is 1. The molecule has 1 N–H and O–H groups in total. The maximum atomic E-state index is 12.6. The molecule has 1 saturated heterocycles. The van der Waals surface area contributed by atoms with Crippen LogP contribution in [-0.2, 0) is 9.59 Å². The van der Waals surface area contributed by atoms with Crippen LogP contribution in [0.5, 0.6) is 0 Å². The summed E-state index contributed by atoms with van der Waals surface area (Å²) >= 11 is 0. The van der Waals surface area contributed by atoms with Crippen LogP contribution in [0.15, 0.2) is 0 Å². The minimum atomic E-state index is -0.960. The molecule has 0 aromatic rings.